The van der Waals surface area contributed by atoms with E-state index in [0.717, 1.165) is 5.56 Å². The predicted molar refractivity (Wildman–Crippen MR) is 86.2 cm³/mol. The van der Waals surface area contributed by atoms with Gasteiger partial charge in [0.15, 0.2) is 0 Å². The number of imide groups is 1. The summed E-state index contributed by atoms with van der Waals surface area (Å²) in [7, 11) is 0. The lowest BCUT2D eigenvalue weighted by atomic mass is 10.2. The molecule has 0 bridgehead atoms. The van der Waals surface area contributed by atoms with Gasteiger partial charge in [-0.25, -0.2) is 9.18 Å². The van der Waals surface area contributed by atoms with Crippen molar-refractivity contribution in [2.75, 3.05) is 0 Å². The number of hydrogen-bond donors (Lipinski definition) is 1. The van der Waals surface area contributed by atoms with Crippen molar-refractivity contribution in [3.05, 3.63) is 66.0 Å². The minimum absolute atomic E-state index is 0.218. The van der Waals surface area contributed by atoms with E-state index in [1.165, 1.54) is 28.8 Å². The summed E-state index contributed by atoms with van der Waals surface area (Å²) in [4.78, 5) is 25.8. The molecule has 1 saturated heterocycles. The van der Waals surface area contributed by atoms with Crippen LogP contribution in [0.1, 0.15) is 12.0 Å². The number of thioether (sulfide) groups is 1. The Hall–Kier alpha value is -2.34. The zero-order valence-electron chi connectivity index (χ0n) is 12.2. The number of benzene rings is 2. The summed E-state index contributed by atoms with van der Waals surface area (Å²) in [6, 6.07) is 15.2. The van der Waals surface area contributed by atoms with Crippen molar-refractivity contribution in [2.45, 2.75) is 23.2 Å². The molecule has 1 aliphatic heterocycles. The molecular formula is C17H15FN2O2S. The van der Waals surface area contributed by atoms with Crippen LogP contribution in [0, 0.1) is 5.82 Å². The SMILES string of the molecule is O=C1CC(Sc2cccc(F)c2)N1C(=O)NCc1ccccc1. The lowest BCUT2D eigenvalue weighted by Crippen LogP contribution is -2.57. The van der Waals surface area contributed by atoms with Crippen LogP contribution in [0.15, 0.2) is 59.5 Å². The summed E-state index contributed by atoms with van der Waals surface area (Å²) in [6.45, 7) is 0.362. The van der Waals surface area contributed by atoms with Gasteiger partial charge in [-0.3, -0.25) is 9.69 Å². The second-order valence-electron chi connectivity index (χ2n) is 5.14. The Bertz CT molecular complexity index is 724. The van der Waals surface area contributed by atoms with Gasteiger partial charge in [0.1, 0.15) is 11.2 Å². The molecule has 0 aliphatic carbocycles. The third-order valence-electron chi connectivity index (χ3n) is 3.48. The molecule has 0 radical (unpaired) electrons. The van der Waals surface area contributed by atoms with Crippen molar-refractivity contribution in [1.29, 1.82) is 0 Å². The van der Waals surface area contributed by atoms with Gasteiger partial charge in [0, 0.05) is 11.4 Å². The molecule has 1 aliphatic rings. The van der Waals surface area contributed by atoms with E-state index in [0.29, 0.717) is 11.4 Å². The number of halogens is 1. The van der Waals surface area contributed by atoms with Crippen LogP contribution in [-0.4, -0.2) is 22.2 Å². The summed E-state index contributed by atoms with van der Waals surface area (Å²) in [5.74, 6) is -0.551. The molecule has 1 unspecified atom stereocenters. The average molecular weight is 330 g/mol. The molecule has 118 valence electrons. The Morgan fingerprint density at radius 3 is 2.70 bits per heavy atom. The molecule has 6 heteroatoms. The third-order valence-corrected chi connectivity index (χ3v) is 4.66. The van der Waals surface area contributed by atoms with Crippen LogP contribution < -0.4 is 5.32 Å². The maximum absolute atomic E-state index is 13.2. The molecule has 1 fully saturated rings. The van der Waals surface area contributed by atoms with E-state index in [9.17, 15) is 14.0 Å². The van der Waals surface area contributed by atoms with E-state index in [1.807, 2.05) is 30.3 Å². The van der Waals surface area contributed by atoms with Gasteiger partial charge in [0.25, 0.3) is 0 Å². The molecule has 2 aromatic carbocycles. The number of amides is 3. The maximum Gasteiger partial charge on any atom is 0.325 e. The van der Waals surface area contributed by atoms with E-state index in [1.54, 1.807) is 12.1 Å². The monoisotopic (exact) mass is 330 g/mol. The zero-order chi connectivity index (χ0) is 16.2. The van der Waals surface area contributed by atoms with Gasteiger partial charge in [-0.1, -0.05) is 48.2 Å². The second kappa shape index (κ2) is 6.83. The topological polar surface area (TPSA) is 49.4 Å². The molecule has 1 atom stereocenters. The smallest absolute Gasteiger partial charge is 0.325 e. The van der Waals surface area contributed by atoms with Crippen molar-refractivity contribution in [3.63, 3.8) is 0 Å². The lowest BCUT2D eigenvalue weighted by molar-refractivity contribution is -0.137. The quantitative estimate of drug-likeness (QED) is 0.874. The van der Waals surface area contributed by atoms with Gasteiger partial charge >= 0.3 is 6.03 Å². The molecular weight excluding hydrogens is 315 g/mol. The molecule has 1 N–H and O–H groups in total. The highest BCUT2D eigenvalue weighted by Crippen LogP contribution is 2.35. The summed E-state index contributed by atoms with van der Waals surface area (Å²) in [6.07, 6.45) is 0.278. The first kappa shape index (κ1) is 15.6. The molecule has 0 aromatic heterocycles. The van der Waals surface area contributed by atoms with E-state index < -0.39 is 6.03 Å². The highest BCUT2D eigenvalue weighted by Gasteiger charge is 2.41. The fraction of sp³-hybridized carbons (Fsp3) is 0.176. The highest BCUT2D eigenvalue weighted by atomic mass is 32.2. The van der Waals surface area contributed by atoms with Gasteiger partial charge in [-0.15, -0.1) is 0 Å². The molecule has 2 aromatic rings. The first-order valence-electron chi connectivity index (χ1n) is 7.19. The van der Waals surface area contributed by atoms with E-state index in [-0.39, 0.29) is 23.5 Å². The van der Waals surface area contributed by atoms with E-state index in [4.69, 9.17) is 0 Å². The Balaban J connectivity index is 1.59. The van der Waals surface area contributed by atoms with E-state index in [2.05, 4.69) is 5.32 Å². The van der Waals surface area contributed by atoms with Crippen LogP contribution in [0.2, 0.25) is 0 Å². The van der Waals surface area contributed by atoms with Crippen LogP contribution in [-0.2, 0) is 11.3 Å². The molecule has 23 heavy (non-hydrogen) atoms. The van der Waals surface area contributed by atoms with Gasteiger partial charge in [-0.2, -0.15) is 0 Å². The predicted octanol–water partition coefficient (Wildman–Crippen LogP) is 3.39. The summed E-state index contributed by atoms with van der Waals surface area (Å²) in [5.41, 5.74) is 0.961. The number of likely N-dealkylation sites (tertiary alicyclic amines) is 1. The number of hydrogen-bond acceptors (Lipinski definition) is 3. The normalized spacial score (nSPS) is 16.8. The third kappa shape index (κ3) is 3.71. The van der Waals surface area contributed by atoms with E-state index >= 15 is 0 Å². The minimum atomic E-state index is -0.418. The Labute approximate surface area is 137 Å². The Morgan fingerprint density at radius 2 is 2.00 bits per heavy atom. The Morgan fingerprint density at radius 1 is 1.22 bits per heavy atom. The van der Waals surface area contributed by atoms with Crippen molar-refractivity contribution in [1.82, 2.24) is 10.2 Å². The minimum Gasteiger partial charge on any atom is -0.334 e. The standard InChI is InChI=1S/C17H15FN2O2S/c18-13-7-4-8-14(9-13)23-16-10-15(21)20(16)17(22)19-11-12-5-2-1-3-6-12/h1-9,16H,10-11H2,(H,19,22). The van der Waals surface area contributed by atoms with Gasteiger partial charge in [-0.05, 0) is 23.8 Å². The van der Waals surface area contributed by atoms with Crippen LogP contribution >= 0.6 is 11.8 Å². The maximum atomic E-state index is 13.2. The zero-order valence-corrected chi connectivity index (χ0v) is 13.1. The molecule has 3 rings (SSSR count). The molecule has 0 spiro atoms. The first-order chi connectivity index (χ1) is 11.1. The van der Waals surface area contributed by atoms with Gasteiger partial charge in [0.2, 0.25) is 5.91 Å². The summed E-state index contributed by atoms with van der Waals surface area (Å²) >= 11 is 1.31. The summed E-state index contributed by atoms with van der Waals surface area (Å²) in [5, 5.41) is 2.45. The Kier molecular flexibility index (Phi) is 4.62. The van der Waals surface area contributed by atoms with Gasteiger partial charge in [0.05, 0.1) is 6.42 Å². The summed E-state index contributed by atoms with van der Waals surface area (Å²) < 4.78 is 13.2. The highest BCUT2D eigenvalue weighted by molar-refractivity contribution is 8.00. The van der Waals surface area contributed by atoms with Crippen LogP contribution in [0.25, 0.3) is 0 Å². The number of rotatable bonds is 4. The number of nitrogens with one attached hydrogen (secondary N) is 1. The van der Waals surface area contributed by atoms with Crippen LogP contribution in [0.3, 0.4) is 0 Å². The fourth-order valence-electron chi connectivity index (χ4n) is 2.28. The lowest BCUT2D eigenvalue weighted by Gasteiger charge is -2.37. The van der Waals surface area contributed by atoms with Gasteiger partial charge < -0.3 is 5.32 Å². The first-order valence-corrected chi connectivity index (χ1v) is 8.07. The fourth-order valence-corrected chi connectivity index (χ4v) is 3.48. The number of β-lactam (4-membered cyclic amide) rings is 1. The molecule has 3 amide bonds. The van der Waals surface area contributed by atoms with Crippen LogP contribution in [0.5, 0.6) is 0 Å². The largest absolute Gasteiger partial charge is 0.334 e. The van der Waals surface area contributed by atoms with Crippen molar-refractivity contribution < 1.29 is 14.0 Å². The second-order valence-corrected chi connectivity index (χ2v) is 6.39. The van der Waals surface area contributed by atoms with Crippen molar-refractivity contribution >= 4 is 23.7 Å². The van der Waals surface area contributed by atoms with Crippen molar-refractivity contribution in [3.8, 4) is 0 Å². The van der Waals surface area contributed by atoms with Crippen LogP contribution in [0.4, 0.5) is 9.18 Å². The average Bonchev–Trinajstić information content (AvgIpc) is 2.53. The molecule has 4 nitrogen and oxygen atoms in total. The number of carbonyl (C=O) groups excluding carboxylic acids is 2. The van der Waals surface area contributed by atoms with Crippen molar-refractivity contribution in [2.24, 2.45) is 0 Å². The number of urea groups is 1. The molecule has 1 heterocycles. The molecule has 0 saturated carbocycles. The number of nitrogens with zero attached hydrogens (tertiary/aromatic N) is 1. The number of carbonyl (C=O) groups is 2.